The Morgan fingerprint density at radius 1 is 1.03 bits per heavy atom. The van der Waals surface area contributed by atoms with Gasteiger partial charge in [-0.1, -0.05) is 36.4 Å². The predicted octanol–water partition coefficient (Wildman–Crippen LogP) is 4.48. The smallest absolute Gasteiger partial charge is 0.371 e. The highest BCUT2D eigenvalue weighted by atomic mass is 16.5. The van der Waals surface area contributed by atoms with E-state index in [1.807, 2.05) is 36.4 Å². The molecule has 0 aliphatic heterocycles. The Bertz CT molecular complexity index is 1340. The molecule has 166 valence electrons. The fourth-order valence-corrected chi connectivity index (χ4v) is 3.25. The second-order valence-corrected chi connectivity index (χ2v) is 7.00. The summed E-state index contributed by atoms with van der Waals surface area (Å²) in [7, 11) is 1.50. The molecule has 1 heterocycles. The van der Waals surface area contributed by atoms with Crippen LogP contribution in [0.4, 0.5) is 0 Å². The van der Waals surface area contributed by atoms with E-state index >= 15 is 0 Å². The van der Waals surface area contributed by atoms with E-state index in [-0.39, 0.29) is 18.3 Å². The molecule has 0 unspecified atom stereocenters. The Kier molecular flexibility index (Phi) is 6.36. The fraction of sp³-hybridized carbons (Fsp3) is 0.0800. The lowest BCUT2D eigenvalue weighted by molar-refractivity contribution is 0.0657. The molecule has 0 spiro atoms. The van der Waals surface area contributed by atoms with E-state index in [2.05, 4.69) is 10.5 Å². The average molecular weight is 444 g/mol. The van der Waals surface area contributed by atoms with Crippen molar-refractivity contribution in [1.29, 1.82) is 0 Å². The number of aromatic carboxylic acids is 1. The quantitative estimate of drug-likeness (QED) is 0.306. The first kappa shape index (κ1) is 21.6. The van der Waals surface area contributed by atoms with E-state index in [0.29, 0.717) is 28.4 Å². The van der Waals surface area contributed by atoms with Crippen LogP contribution >= 0.6 is 0 Å². The average Bonchev–Trinajstić information content (AvgIpc) is 3.32. The van der Waals surface area contributed by atoms with E-state index in [9.17, 15) is 9.59 Å². The summed E-state index contributed by atoms with van der Waals surface area (Å²) < 4.78 is 16.2. The fourth-order valence-electron chi connectivity index (χ4n) is 3.25. The number of ether oxygens (including phenoxy) is 2. The van der Waals surface area contributed by atoms with Crippen molar-refractivity contribution in [1.82, 2.24) is 5.43 Å². The van der Waals surface area contributed by atoms with Gasteiger partial charge >= 0.3 is 5.97 Å². The summed E-state index contributed by atoms with van der Waals surface area (Å²) in [6.07, 6.45) is 1.50. The number of rotatable bonds is 8. The van der Waals surface area contributed by atoms with Crippen molar-refractivity contribution in [3.63, 3.8) is 0 Å². The van der Waals surface area contributed by atoms with Crippen LogP contribution in [-0.4, -0.2) is 30.3 Å². The first-order valence-corrected chi connectivity index (χ1v) is 9.99. The van der Waals surface area contributed by atoms with Gasteiger partial charge in [-0.3, -0.25) is 4.79 Å². The lowest BCUT2D eigenvalue weighted by Gasteiger charge is -2.10. The predicted molar refractivity (Wildman–Crippen MR) is 122 cm³/mol. The molecule has 0 saturated carbocycles. The molecule has 4 rings (SSSR count). The number of hydrogen-bond acceptors (Lipinski definition) is 6. The highest BCUT2D eigenvalue weighted by Crippen LogP contribution is 2.28. The van der Waals surface area contributed by atoms with Crippen LogP contribution in [0.2, 0.25) is 0 Å². The maximum absolute atomic E-state index is 12.6. The molecule has 4 aromatic rings. The van der Waals surface area contributed by atoms with Crippen LogP contribution in [-0.2, 0) is 6.61 Å². The van der Waals surface area contributed by atoms with Crippen molar-refractivity contribution in [2.75, 3.05) is 7.11 Å². The summed E-state index contributed by atoms with van der Waals surface area (Å²) in [6, 6.07) is 21.2. The van der Waals surface area contributed by atoms with E-state index in [1.165, 1.54) is 25.5 Å². The van der Waals surface area contributed by atoms with Gasteiger partial charge in [0.2, 0.25) is 5.76 Å². The lowest BCUT2D eigenvalue weighted by Crippen LogP contribution is -2.17. The topological polar surface area (TPSA) is 110 Å². The second kappa shape index (κ2) is 9.69. The number of amides is 1. The molecule has 0 radical (unpaired) electrons. The van der Waals surface area contributed by atoms with Crippen LogP contribution in [0.5, 0.6) is 11.5 Å². The van der Waals surface area contributed by atoms with Crippen LogP contribution in [0.1, 0.15) is 32.2 Å². The lowest BCUT2D eigenvalue weighted by atomic mass is 10.0. The van der Waals surface area contributed by atoms with Gasteiger partial charge in [-0.25, -0.2) is 10.2 Å². The third kappa shape index (κ3) is 5.01. The third-order valence-electron chi connectivity index (χ3n) is 4.84. The number of nitrogens with zero attached hydrogens (tertiary/aromatic N) is 1. The Morgan fingerprint density at radius 3 is 2.64 bits per heavy atom. The van der Waals surface area contributed by atoms with Crippen LogP contribution in [0.25, 0.3) is 10.8 Å². The molecule has 8 heteroatoms. The Balaban J connectivity index is 1.41. The number of hydrazone groups is 1. The maximum Gasteiger partial charge on any atom is 0.371 e. The van der Waals surface area contributed by atoms with Gasteiger partial charge in [0.1, 0.15) is 12.4 Å². The van der Waals surface area contributed by atoms with Crippen molar-refractivity contribution in [2.45, 2.75) is 6.61 Å². The zero-order chi connectivity index (χ0) is 23.2. The number of fused-ring (bicyclic) bond motifs is 1. The van der Waals surface area contributed by atoms with Gasteiger partial charge < -0.3 is 19.0 Å². The van der Waals surface area contributed by atoms with Gasteiger partial charge in [0.25, 0.3) is 5.91 Å². The molecule has 0 atom stereocenters. The highest BCUT2D eigenvalue weighted by molar-refractivity contribution is 6.07. The van der Waals surface area contributed by atoms with Crippen molar-refractivity contribution < 1.29 is 28.6 Å². The minimum Gasteiger partial charge on any atom is -0.493 e. The number of carbonyl (C=O) groups is 2. The first-order chi connectivity index (χ1) is 16.0. The van der Waals surface area contributed by atoms with Crippen LogP contribution in [0.15, 0.2) is 82.3 Å². The molecule has 2 N–H and O–H groups in total. The van der Waals surface area contributed by atoms with Gasteiger partial charge in [0.15, 0.2) is 11.5 Å². The van der Waals surface area contributed by atoms with Gasteiger partial charge in [0, 0.05) is 5.56 Å². The van der Waals surface area contributed by atoms with Gasteiger partial charge in [-0.05, 0) is 52.7 Å². The summed E-state index contributed by atoms with van der Waals surface area (Å²) in [5, 5.41) is 14.8. The summed E-state index contributed by atoms with van der Waals surface area (Å²) in [4.78, 5) is 23.5. The molecular formula is C25H20N2O6. The molecule has 1 aromatic heterocycles. The number of hydrogen-bond donors (Lipinski definition) is 2. The molecule has 0 bridgehead atoms. The summed E-state index contributed by atoms with van der Waals surface area (Å²) in [6.45, 7) is 0.0398. The molecule has 1 amide bonds. The monoisotopic (exact) mass is 444 g/mol. The molecule has 33 heavy (non-hydrogen) atoms. The van der Waals surface area contributed by atoms with E-state index in [1.54, 1.807) is 24.3 Å². The Hall–Kier alpha value is -4.59. The summed E-state index contributed by atoms with van der Waals surface area (Å²) in [5.74, 6) is -0.342. The van der Waals surface area contributed by atoms with Gasteiger partial charge in [-0.15, -0.1) is 0 Å². The molecule has 8 nitrogen and oxygen atoms in total. The first-order valence-electron chi connectivity index (χ1n) is 9.99. The van der Waals surface area contributed by atoms with Gasteiger partial charge in [0.05, 0.1) is 13.3 Å². The van der Waals surface area contributed by atoms with Crippen molar-refractivity contribution in [3.05, 3.63) is 95.4 Å². The van der Waals surface area contributed by atoms with Gasteiger partial charge in [-0.2, -0.15) is 5.10 Å². The molecule has 0 saturated heterocycles. The van der Waals surface area contributed by atoms with E-state index in [0.717, 1.165) is 10.8 Å². The minimum atomic E-state index is -1.14. The molecule has 3 aromatic carbocycles. The number of carboxylic acids is 1. The zero-order valence-electron chi connectivity index (χ0n) is 17.6. The van der Waals surface area contributed by atoms with Crippen molar-refractivity contribution in [3.8, 4) is 11.5 Å². The van der Waals surface area contributed by atoms with Crippen LogP contribution < -0.4 is 14.9 Å². The Labute approximate surface area is 189 Å². The molecule has 0 fully saturated rings. The summed E-state index contributed by atoms with van der Waals surface area (Å²) >= 11 is 0. The maximum atomic E-state index is 12.6. The molecule has 0 aliphatic carbocycles. The molecule has 0 aliphatic rings. The number of furan rings is 1. The zero-order valence-corrected chi connectivity index (χ0v) is 17.6. The number of nitrogens with one attached hydrogen (secondary N) is 1. The summed E-state index contributed by atoms with van der Waals surface area (Å²) in [5.41, 5.74) is 3.77. The van der Waals surface area contributed by atoms with Crippen molar-refractivity contribution in [2.24, 2.45) is 5.10 Å². The van der Waals surface area contributed by atoms with Crippen LogP contribution in [0, 0.1) is 0 Å². The number of carboxylic acid groups (broad SMARTS) is 1. The van der Waals surface area contributed by atoms with Crippen molar-refractivity contribution >= 4 is 28.9 Å². The van der Waals surface area contributed by atoms with Crippen LogP contribution in [0.3, 0.4) is 0 Å². The Morgan fingerprint density at radius 2 is 1.85 bits per heavy atom. The standard InChI is InChI=1S/C25H20N2O6/c1-31-23-13-16(9-11-21(23)32-15-18-10-12-22(33-18)25(29)30)14-26-27-24(28)20-8-4-6-17-5-2-3-7-19(17)20/h2-14H,15H2,1H3,(H,27,28)(H,29,30)/b26-14+. The van der Waals surface area contributed by atoms with E-state index < -0.39 is 5.97 Å². The van der Waals surface area contributed by atoms with E-state index in [4.69, 9.17) is 19.0 Å². The number of benzene rings is 3. The normalized spacial score (nSPS) is 10.9. The molecular weight excluding hydrogens is 424 g/mol. The second-order valence-electron chi connectivity index (χ2n) is 7.00. The number of carbonyl (C=O) groups excluding carboxylic acids is 1. The SMILES string of the molecule is COc1cc(/C=N/NC(=O)c2cccc3ccccc23)ccc1OCc1ccc(C(=O)O)o1. The number of methoxy groups -OCH3 is 1. The highest BCUT2D eigenvalue weighted by Gasteiger charge is 2.12. The third-order valence-corrected chi connectivity index (χ3v) is 4.84. The minimum absolute atomic E-state index is 0.0398. The largest absolute Gasteiger partial charge is 0.493 e.